The summed E-state index contributed by atoms with van der Waals surface area (Å²) in [6.07, 6.45) is 2.76. The Morgan fingerprint density at radius 3 is 3.00 bits per heavy atom. The average molecular weight is 303 g/mol. The first kappa shape index (κ1) is 14.6. The largest absolute Gasteiger partial charge is 0.361 e. The van der Waals surface area contributed by atoms with Crippen LogP contribution in [-0.4, -0.2) is 40.8 Å². The molecule has 1 aliphatic rings. The number of benzene rings is 1. The van der Waals surface area contributed by atoms with Crippen molar-refractivity contribution >= 4 is 22.7 Å². The van der Waals surface area contributed by atoms with E-state index in [2.05, 4.69) is 10.3 Å². The van der Waals surface area contributed by atoms with Crippen LogP contribution in [0, 0.1) is 5.82 Å². The second-order valence-corrected chi connectivity index (χ2v) is 5.70. The van der Waals surface area contributed by atoms with Crippen LogP contribution in [0.1, 0.15) is 18.9 Å². The van der Waals surface area contributed by atoms with Crippen LogP contribution in [-0.2, 0) is 16.0 Å². The van der Waals surface area contributed by atoms with E-state index < -0.39 is 0 Å². The molecule has 1 fully saturated rings. The lowest BCUT2D eigenvalue weighted by Gasteiger charge is -2.15. The normalized spacial score (nSPS) is 17.9. The Morgan fingerprint density at radius 1 is 1.45 bits per heavy atom. The molecule has 2 amide bonds. The lowest BCUT2D eigenvalue weighted by atomic mass is 10.1. The van der Waals surface area contributed by atoms with Gasteiger partial charge in [-0.05, 0) is 30.2 Å². The zero-order valence-corrected chi connectivity index (χ0v) is 12.4. The number of nitrogens with zero attached hydrogens (tertiary/aromatic N) is 1. The van der Waals surface area contributed by atoms with E-state index in [-0.39, 0.29) is 30.1 Å². The fourth-order valence-electron chi connectivity index (χ4n) is 2.92. The van der Waals surface area contributed by atoms with E-state index in [9.17, 15) is 14.0 Å². The highest BCUT2D eigenvalue weighted by molar-refractivity contribution is 5.89. The molecule has 1 aliphatic heterocycles. The van der Waals surface area contributed by atoms with E-state index in [0.717, 1.165) is 17.4 Å². The van der Waals surface area contributed by atoms with Gasteiger partial charge in [0.1, 0.15) is 5.82 Å². The molecule has 5 nitrogen and oxygen atoms in total. The van der Waals surface area contributed by atoms with Crippen molar-refractivity contribution in [1.29, 1.82) is 0 Å². The van der Waals surface area contributed by atoms with Crippen molar-refractivity contribution in [2.24, 2.45) is 0 Å². The molecule has 0 aliphatic carbocycles. The van der Waals surface area contributed by atoms with Crippen molar-refractivity contribution < 1.29 is 14.0 Å². The average Bonchev–Trinajstić information content (AvgIpc) is 3.06. The minimum atomic E-state index is -0.305. The molecule has 0 spiro atoms. The predicted molar refractivity (Wildman–Crippen MR) is 80.8 cm³/mol. The number of nitrogens with one attached hydrogen (secondary N) is 2. The quantitative estimate of drug-likeness (QED) is 0.904. The van der Waals surface area contributed by atoms with Gasteiger partial charge in [-0.1, -0.05) is 0 Å². The van der Waals surface area contributed by atoms with Gasteiger partial charge in [-0.15, -0.1) is 0 Å². The Bertz CT molecular complexity index is 725. The van der Waals surface area contributed by atoms with Crippen LogP contribution in [0.5, 0.6) is 0 Å². The molecule has 1 aromatic heterocycles. The van der Waals surface area contributed by atoms with E-state index >= 15 is 0 Å². The van der Waals surface area contributed by atoms with Crippen molar-refractivity contribution in [3.8, 4) is 0 Å². The van der Waals surface area contributed by atoms with E-state index in [1.807, 2.05) is 0 Å². The monoisotopic (exact) mass is 303 g/mol. The Labute approximate surface area is 127 Å². The topological polar surface area (TPSA) is 65.2 Å². The van der Waals surface area contributed by atoms with Crippen molar-refractivity contribution in [2.75, 3.05) is 13.1 Å². The molecule has 0 bridgehead atoms. The number of H-pyrrole nitrogens is 1. The Morgan fingerprint density at radius 2 is 2.27 bits per heavy atom. The molecule has 0 radical (unpaired) electrons. The molecular formula is C16H18FN3O2. The number of amides is 2. The van der Waals surface area contributed by atoms with E-state index in [1.54, 1.807) is 17.2 Å². The standard InChI is InChI=1S/C16H18FN3O2/c1-10(21)20-5-4-13(9-20)19-16(22)6-11-8-18-15-7-12(17)2-3-14(11)15/h2-3,7-8,13,18H,4-6,9H2,1H3,(H,19,22)/t13-/m1/s1. The van der Waals surface area contributed by atoms with Crippen molar-refractivity contribution in [1.82, 2.24) is 15.2 Å². The lowest BCUT2D eigenvalue weighted by molar-refractivity contribution is -0.128. The highest BCUT2D eigenvalue weighted by Gasteiger charge is 2.25. The molecule has 6 heteroatoms. The summed E-state index contributed by atoms with van der Waals surface area (Å²) in [5, 5.41) is 3.81. The first-order valence-corrected chi connectivity index (χ1v) is 7.33. The van der Waals surface area contributed by atoms with Crippen LogP contribution in [0.2, 0.25) is 0 Å². The Balaban J connectivity index is 1.63. The number of rotatable bonds is 3. The summed E-state index contributed by atoms with van der Waals surface area (Å²) >= 11 is 0. The maximum atomic E-state index is 13.1. The fraction of sp³-hybridized carbons (Fsp3) is 0.375. The third-order valence-electron chi connectivity index (χ3n) is 4.08. The molecule has 2 heterocycles. The minimum Gasteiger partial charge on any atom is -0.361 e. The number of likely N-dealkylation sites (tertiary alicyclic amines) is 1. The van der Waals surface area contributed by atoms with Gasteiger partial charge in [0.05, 0.1) is 6.42 Å². The highest BCUT2D eigenvalue weighted by atomic mass is 19.1. The number of halogens is 1. The van der Waals surface area contributed by atoms with Crippen molar-refractivity contribution in [2.45, 2.75) is 25.8 Å². The molecule has 1 atom stereocenters. The van der Waals surface area contributed by atoms with Crippen molar-refractivity contribution in [3.63, 3.8) is 0 Å². The van der Waals surface area contributed by atoms with E-state index in [1.165, 1.54) is 19.1 Å². The molecule has 1 aromatic carbocycles. The Hall–Kier alpha value is -2.37. The van der Waals surface area contributed by atoms with E-state index in [4.69, 9.17) is 0 Å². The number of carbonyl (C=O) groups excluding carboxylic acids is 2. The van der Waals surface area contributed by atoms with Gasteiger partial charge in [0.2, 0.25) is 11.8 Å². The lowest BCUT2D eigenvalue weighted by Crippen LogP contribution is -2.38. The molecule has 2 aromatic rings. The smallest absolute Gasteiger partial charge is 0.224 e. The maximum absolute atomic E-state index is 13.1. The minimum absolute atomic E-state index is 0.0130. The van der Waals surface area contributed by atoms with Crippen LogP contribution in [0.15, 0.2) is 24.4 Å². The summed E-state index contributed by atoms with van der Waals surface area (Å²) in [6.45, 7) is 2.79. The van der Waals surface area contributed by atoms with Gasteiger partial charge < -0.3 is 15.2 Å². The summed E-state index contributed by atoms with van der Waals surface area (Å²) in [7, 11) is 0. The van der Waals surface area contributed by atoms with Gasteiger partial charge in [0.25, 0.3) is 0 Å². The molecule has 1 saturated heterocycles. The maximum Gasteiger partial charge on any atom is 0.224 e. The molecule has 0 unspecified atom stereocenters. The number of hydrogen-bond donors (Lipinski definition) is 2. The molecule has 3 rings (SSSR count). The van der Waals surface area contributed by atoms with Gasteiger partial charge in [-0.3, -0.25) is 9.59 Å². The van der Waals surface area contributed by atoms with Crippen LogP contribution in [0.3, 0.4) is 0 Å². The molecular weight excluding hydrogens is 285 g/mol. The Kier molecular flexibility index (Phi) is 3.83. The van der Waals surface area contributed by atoms with Gasteiger partial charge in [-0.25, -0.2) is 4.39 Å². The van der Waals surface area contributed by atoms with Gasteiger partial charge in [0, 0.05) is 43.2 Å². The van der Waals surface area contributed by atoms with E-state index in [0.29, 0.717) is 18.6 Å². The highest BCUT2D eigenvalue weighted by Crippen LogP contribution is 2.20. The summed E-state index contributed by atoms with van der Waals surface area (Å²) in [5.41, 5.74) is 1.53. The summed E-state index contributed by atoms with van der Waals surface area (Å²) in [4.78, 5) is 28.1. The molecule has 2 N–H and O–H groups in total. The van der Waals surface area contributed by atoms with Crippen LogP contribution in [0.25, 0.3) is 10.9 Å². The predicted octanol–water partition coefficient (Wildman–Crippen LogP) is 1.59. The second kappa shape index (κ2) is 5.79. The van der Waals surface area contributed by atoms with Gasteiger partial charge >= 0.3 is 0 Å². The SMILES string of the molecule is CC(=O)N1CC[C@@H](NC(=O)Cc2c[nH]c3cc(F)ccc23)C1. The molecule has 116 valence electrons. The zero-order chi connectivity index (χ0) is 15.7. The number of aromatic nitrogens is 1. The summed E-state index contributed by atoms with van der Waals surface area (Å²) in [6, 6.07) is 4.49. The third kappa shape index (κ3) is 2.95. The van der Waals surface area contributed by atoms with Crippen LogP contribution < -0.4 is 5.32 Å². The van der Waals surface area contributed by atoms with Crippen LogP contribution in [0.4, 0.5) is 4.39 Å². The first-order chi connectivity index (χ1) is 10.5. The molecule has 0 saturated carbocycles. The van der Waals surface area contributed by atoms with Crippen molar-refractivity contribution in [3.05, 3.63) is 35.8 Å². The number of aromatic amines is 1. The van der Waals surface area contributed by atoms with Crippen LogP contribution >= 0.6 is 0 Å². The number of hydrogen-bond acceptors (Lipinski definition) is 2. The summed E-state index contributed by atoms with van der Waals surface area (Å²) in [5.74, 6) is -0.350. The van der Waals surface area contributed by atoms with Gasteiger partial charge in [-0.2, -0.15) is 0 Å². The fourth-order valence-corrected chi connectivity index (χ4v) is 2.92. The van der Waals surface area contributed by atoms with Gasteiger partial charge in [0.15, 0.2) is 0 Å². The second-order valence-electron chi connectivity index (χ2n) is 5.70. The zero-order valence-electron chi connectivity index (χ0n) is 12.4. The first-order valence-electron chi connectivity index (χ1n) is 7.33. The molecule has 22 heavy (non-hydrogen) atoms. The number of carbonyl (C=O) groups is 2. The summed E-state index contributed by atoms with van der Waals surface area (Å²) < 4.78 is 13.1. The third-order valence-corrected chi connectivity index (χ3v) is 4.08. The number of fused-ring (bicyclic) bond motifs is 1.